The average Bonchev–Trinajstić information content (AvgIpc) is 3.13. The fourth-order valence-corrected chi connectivity index (χ4v) is 6.08. The highest BCUT2D eigenvalue weighted by Crippen LogP contribution is 2.43. The van der Waals surface area contributed by atoms with Crippen molar-refractivity contribution in [2.75, 3.05) is 26.4 Å². The van der Waals surface area contributed by atoms with Gasteiger partial charge in [-0.25, -0.2) is 4.57 Å². The summed E-state index contributed by atoms with van der Waals surface area (Å²) in [5, 5.41) is 20.1. The average molecular weight is 772 g/mol. The second-order valence-electron chi connectivity index (χ2n) is 13.6. The Bertz CT molecular complexity index is 1050. The smallest absolute Gasteiger partial charge is 0.462 e. The molecule has 0 aromatic rings. The van der Waals surface area contributed by atoms with Crippen molar-refractivity contribution in [1.29, 1.82) is 0 Å². The first-order valence-electron chi connectivity index (χ1n) is 20.3. The molecule has 308 valence electrons. The molecule has 5 N–H and O–H groups in total. The zero-order chi connectivity index (χ0) is 39.3. The molecule has 0 saturated carbocycles. The van der Waals surface area contributed by atoms with Crippen molar-refractivity contribution in [1.82, 2.24) is 0 Å². The van der Waals surface area contributed by atoms with Gasteiger partial charge in [0.05, 0.1) is 25.4 Å². The highest BCUT2D eigenvalue weighted by molar-refractivity contribution is 7.47. The van der Waals surface area contributed by atoms with Crippen molar-refractivity contribution in [2.24, 2.45) is 5.73 Å². The van der Waals surface area contributed by atoms with Crippen LogP contribution in [0.4, 0.5) is 0 Å². The Morgan fingerprint density at radius 3 is 1.68 bits per heavy atom. The molecular formula is C41H74NO10P. The van der Waals surface area contributed by atoms with Gasteiger partial charge in [0.15, 0.2) is 6.10 Å². The van der Waals surface area contributed by atoms with Crippen molar-refractivity contribution < 1.29 is 47.8 Å². The molecule has 0 radical (unpaired) electrons. The van der Waals surface area contributed by atoms with Gasteiger partial charge in [0, 0.05) is 19.4 Å². The number of hydrogen-bond donors (Lipinski definition) is 4. The Morgan fingerprint density at radius 1 is 0.642 bits per heavy atom. The second kappa shape index (κ2) is 36.8. The molecule has 1 unspecified atom stereocenters. The number of unbranched alkanes of at least 4 members (excludes halogenated alkanes) is 14. The molecule has 0 saturated heterocycles. The molecule has 0 aliphatic rings. The summed E-state index contributed by atoms with van der Waals surface area (Å²) in [6, 6.07) is 0. The van der Waals surface area contributed by atoms with Crippen molar-refractivity contribution in [3.8, 4) is 0 Å². The maximum absolute atomic E-state index is 12.5. The number of hydrogen-bond acceptors (Lipinski definition) is 10. The molecular weight excluding hydrogens is 697 g/mol. The summed E-state index contributed by atoms with van der Waals surface area (Å²) >= 11 is 0. The van der Waals surface area contributed by atoms with E-state index in [1.165, 1.54) is 57.8 Å². The quantitative estimate of drug-likeness (QED) is 0.0205. The third kappa shape index (κ3) is 36.6. The van der Waals surface area contributed by atoms with E-state index in [9.17, 15) is 29.3 Å². The molecule has 0 aromatic heterocycles. The molecule has 12 heteroatoms. The highest BCUT2D eigenvalue weighted by atomic mass is 31.2. The van der Waals surface area contributed by atoms with Crippen molar-refractivity contribution >= 4 is 19.8 Å². The lowest BCUT2D eigenvalue weighted by Gasteiger charge is -2.20. The van der Waals surface area contributed by atoms with Gasteiger partial charge in [-0.3, -0.25) is 18.6 Å². The van der Waals surface area contributed by atoms with Gasteiger partial charge >= 0.3 is 19.8 Å². The minimum Gasteiger partial charge on any atom is -0.462 e. The lowest BCUT2D eigenvalue weighted by Crippen LogP contribution is -2.29. The van der Waals surface area contributed by atoms with Crippen LogP contribution in [0.1, 0.15) is 155 Å². The van der Waals surface area contributed by atoms with E-state index in [0.717, 1.165) is 44.9 Å². The minimum atomic E-state index is -4.43. The molecule has 11 nitrogen and oxygen atoms in total. The Hall–Kier alpha value is -2.11. The van der Waals surface area contributed by atoms with Crippen LogP contribution < -0.4 is 5.73 Å². The Balaban J connectivity index is 4.44. The highest BCUT2D eigenvalue weighted by Gasteiger charge is 2.26. The van der Waals surface area contributed by atoms with E-state index in [1.807, 2.05) is 30.4 Å². The zero-order valence-corrected chi connectivity index (χ0v) is 33.9. The number of allylic oxidation sites excluding steroid dienone is 6. The van der Waals surface area contributed by atoms with Crippen LogP contribution in [0.2, 0.25) is 0 Å². The van der Waals surface area contributed by atoms with Crippen LogP contribution in [0.15, 0.2) is 48.6 Å². The number of phosphoric ester groups is 1. The summed E-state index contributed by atoms with van der Waals surface area (Å²) in [5.74, 6) is -1.06. The summed E-state index contributed by atoms with van der Waals surface area (Å²) in [4.78, 5) is 34.8. The maximum atomic E-state index is 12.5. The Morgan fingerprint density at radius 2 is 1.13 bits per heavy atom. The lowest BCUT2D eigenvalue weighted by atomic mass is 10.0. The summed E-state index contributed by atoms with van der Waals surface area (Å²) in [5.41, 5.74) is 5.32. The largest absolute Gasteiger partial charge is 0.472 e. The third-order valence-electron chi connectivity index (χ3n) is 8.43. The van der Waals surface area contributed by atoms with Crippen LogP contribution in [0.3, 0.4) is 0 Å². The van der Waals surface area contributed by atoms with Gasteiger partial charge in [-0.2, -0.15) is 0 Å². The zero-order valence-electron chi connectivity index (χ0n) is 33.0. The van der Waals surface area contributed by atoms with Gasteiger partial charge in [0.25, 0.3) is 0 Å². The molecule has 0 aromatic carbocycles. The van der Waals surface area contributed by atoms with Gasteiger partial charge in [0.1, 0.15) is 6.61 Å². The summed E-state index contributed by atoms with van der Waals surface area (Å²) in [6.45, 7) is 3.35. The molecule has 0 heterocycles. The van der Waals surface area contributed by atoms with E-state index < -0.39 is 44.7 Å². The van der Waals surface area contributed by atoms with Gasteiger partial charge in [-0.15, -0.1) is 0 Å². The van der Waals surface area contributed by atoms with Crippen LogP contribution in [0.25, 0.3) is 0 Å². The number of ether oxygens (including phenoxy) is 2. The molecule has 0 aliphatic carbocycles. The topological polar surface area (TPSA) is 175 Å². The number of aliphatic hydroxyl groups excluding tert-OH is 2. The van der Waals surface area contributed by atoms with Crippen LogP contribution in [-0.4, -0.2) is 71.7 Å². The van der Waals surface area contributed by atoms with E-state index in [-0.39, 0.29) is 32.6 Å². The summed E-state index contributed by atoms with van der Waals surface area (Å²) < 4.78 is 32.5. The van der Waals surface area contributed by atoms with E-state index >= 15 is 0 Å². The van der Waals surface area contributed by atoms with Crippen molar-refractivity contribution in [2.45, 2.75) is 173 Å². The number of carbonyl (C=O) groups is 2. The first kappa shape index (κ1) is 50.9. The lowest BCUT2D eigenvalue weighted by molar-refractivity contribution is -0.161. The van der Waals surface area contributed by atoms with Crippen molar-refractivity contribution in [3.63, 3.8) is 0 Å². The minimum absolute atomic E-state index is 0.0201. The number of rotatable bonds is 37. The Kier molecular flexibility index (Phi) is 35.4. The van der Waals surface area contributed by atoms with Crippen LogP contribution in [0, 0.1) is 0 Å². The van der Waals surface area contributed by atoms with Crippen LogP contribution >= 0.6 is 7.82 Å². The van der Waals surface area contributed by atoms with E-state index in [0.29, 0.717) is 25.7 Å². The maximum Gasteiger partial charge on any atom is 0.472 e. The van der Waals surface area contributed by atoms with Gasteiger partial charge in [-0.1, -0.05) is 159 Å². The number of phosphoric acid groups is 1. The first-order chi connectivity index (χ1) is 25.6. The van der Waals surface area contributed by atoms with Crippen LogP contribution in [-0.2, 0) is 32.7 Å². The van der Waals surface area contributed by atoms with E-state index in [2.05, 4.69) is 13.8 Å². The van der Waals surface area contributed by atoms with E-state index in [4.69, 9.17) is 24.3 Å². The third-order valence-corrected chi connectivity index (χ3v) is 9.41. The van der Waals surface area contributed by atoms with Gasteiger partial charge in [0.2, 0.25) is 0 Å². The molecule has 0 fully saturated rings. The molecule has 0 spiro atoms. The normalized spacial score (nSPS) is 15.1. The molecule has 53 heavy (non-hydrogen) atoms. The predicted octanol–water partition coefficient (Wildman–Crippen LogP) is 9.10. The summed E-state index contributed by atoms with van der Waals surface area (Å²) in [7, 11) is -4.43. The monoisotopic (exact) mass is 772 g/mol. The number of carbonyl (C=O) groups excluding carboxylic acids is 2. The number of nitrogens with two attached hydrogens (primary N) is 1. The fraction of sp³-hybridized carbons (Fsp3) is 0.756. The first-order valence-corrected chi connectivity index (χ1v) is 21.8. The predicted molar refractivity (Wildman–Crippen MR) is 213 cm³/mol. The summed E-state index contributed by atoms with van der Waals surface area (Å²) in [6.07, 6.45) is 33.6. The molecule has 0 bridgehead atoms. The Labute approximate surface area is 321 Å². The van der Waals surface area contributed by atoms with Crippen molar-refractivity contribution in [3.05, 3.63) is 48.6 Å². The molecule has 4 atom stereocenters. The van der Waals surface area contributed by atoms with E-state index in [1.54, 1.807) is 18.2 Å². The molecule has 0 rings (SSSR count). The molecule has 0 amide bonds. The second-order valence-corrected chi connectivity index (χ2v) is 15.0. The number of aliphatic hydroxyl groups is 2. The van der Waals surface area contributed by atoms with Gasteiger partial charge < -0.3 is 30.3 Å². The SMILES string of the molecule is CCCCCCCCCCCCCCCC(=O)O[C@H](COC(=O)CCC[C@@H](O)/C=C/C=C\C/C=C\C=C\[C@@H](O)CCCCC)COP(=O)(O)OCCN. The number of esters is 2. The fourth-order valence-electron chi connectivity index (χ4n) is 5.32. The van der Waals surface area contributed by atoms with Crippen LogP contribution in [0.5, 0.6) is 0 Å². The molecule has 0 aliphatic heterocycles. The standard InChI is InChI=1S/C41H74NO10P/c1-3-5-7-8-9-10-11-12-13-14-18-21-25-31-41(46)52-39(36-51-53(47,48)50-34-33-42)35-49-40(45)32-26-30-38(44)29-24-20-17-15-16-19-23-28-37(43)27-22-6-4-2/h16-17,19-20,23-24,28-29,37-39,43-44H,3-15,18,21-22,25-27,30-36,42H2,1-2H3,(H,47,48)/b19-16-,20-17-,28-23+,29-24+/t37-,38-,39+/m0/s1. The van der Waals surface area contributed by atoms with Gasteiger partial charge in [-0.05, 0) is 32.1 Å².